The number of thiazole rings is 1. The Morgan fingerprint density at radius 1 is 1.10 bits per heavy atom. The predicted molar refractivity (Wildman–Crippen MR) is 156 cm³/mol. The van der Waals surface area contributed by atoms with E-state index in [1.165, 1.54) is 23.0 Å². The van der Waals surface area contributed by atoms with E-state index in [0.29, 0.717) is 47.9 Å². The number of fused-ring (bicyclic) bond motifs is 1. The number of ether oxygens (including phenoxy) is 5. The molecule has 0 aliphatic carbocycles. The van der Waals surface area contributed by atoms with Crippen LogP contribution in [-0.4, -0.2) is 51.2 Å². The number of aromatic nitrogens is 1. The number of hydrogen-bond donors (Lipinski definition) is 0. The zero-order valence-electron chi connectivity index (χ0n) is 23.1. The number of halogens is 1. The molecule has 11 heteroatoms. The molecule has 0 unspecified atom stereocenters. The lowest BCUT2D eigenvalue weighted by Gasteiger charge is -2.27. The minimum Gasteiger partial charge on any atom is -0.496 e. The van der Waals surface area contributed by atoms with Gasteiger partial charge < -0.3 is 23.7 Å². The van der Waals surface area contributed by atoms with Crippen LogP contribution in [0.5, 0.6) is 17.2 Å². The van der Waals surface area contributed by atoms with Gasteiger partial charge in [0.1, 0.15) is 29.9 Å². The first kappa shape index (κ1) is 29.6. The Labute approximate surface area is 244 Å². The van der Waals surface area contributed by atoms with Gasteiger partial charge in [-0.3, -0.25) is 9.36 Å². The Morgan fingerprint density at radius 2 is 1.82 bits per heavy atom. The molecule has 2 aromatic carbocycles. The lowest BCUT2D eigenvalue weighted by molar-refractivity contribution is -0.140. The van der Waals surface area contributed by atoms with Crippen molar-refractivity contribution in [2.24, 2.45) is 4.99 Å². The molecular weight excluding hydrogens is 600 g/mol. The standard InChI is InChI=1S/C29H31BrN2O7S/c1-16(2)39-21-10-8-7-9-19(21)26-25(28(34)38-12-11-35-4)17(3)31-29-32(26)27(33)24(40-29)14-18-13-20(30)23(37-6)15-22(18)36-5/h7-10,13-16,26H,11-12H2,1-6H3/b24-14+/t26-/m1/s1. The van der Waals surface area contributed by atoms with Crippen molar-refractivity contribution in [3.8, 4) is 17.2 Å². The van der Waals surface area contributed by atoms with E-state index < -0.39 is 12.0 Å². The SMILES string of the molecule is COCCOC(=O)C1=C(C)N=c2s/c(=C/c3cc(Br)c(OC)cc3OC)c(=O)n2[C@@H]1c1ccccc1OC(C)C. The monoisotopic (exact) mass is 630 g/mol. The van der Waals surface area contributed by atoms with Crippen molar-refractivity contribution in [3.05, 3.63) is 83.0 Å². The Balaban J connectivity index is 1.95. The molecule has 1 aliphatic rings. The molecule has 1 aliphatic heterocycles. The summed E-state index contributed by atoms with van der Waals surface area (Å²) in [6.45, 7) is 5.90. The second-order valence-electron chi connectivity index (χ2n) is 9.14. The summed E-state index contributed by atoms with van der Waals surface area (Å²) in [5, 5.41) is 0. The minimum atomic E-state index is -0.812. The van der Waals surface area contributed by atoms with Crippen molar-refractivity contribution in [1.29, 1.82) is 0 Å². The largest absolute Gasteiger partial charge is 0.496 e. The number of para-hydroxylation sites is 1. The Hall–Kier alpha value is -3.41. The molecule has 0 saturated carbocycles. The smallest absolute Gasteiger partial charge is 0.338 e. The van der Waals surface area contributed by atoms with Gasteiger partial charge in [0.2, 0.25) is 0 Å². The summed E-state index contributed by atoms with van der Waals surface area (Å²) in [7, 11) is 4.65. The van der Waals surface area contributed by atoms with E-state index in [1.807, 2.05) is 44.2 Å². The summed E-state index contributed by atoms with van der Waals surface area (Å²) >= 11 is 4.73. The molecule has 0 radical (unpaired) electrons. The number of nitrogens with zero attached hydrogens (tertiary/aromatic N) is 2. The first-order valence-electron chi connectivity index (χ1n) is 12.6. The van der Waals surface area contributed by atoms with Crippen molar-refractivity contribution in [2.75, 3.05) is 34.5 Å². The fraction of sp³-hybridized carbons (Fsp3) is 0.345. The number of methoxy groups -OCH3 is 3. The van der Waals surface area contributed by atoms with Crippen LogP contribution in [0.4, 0.5) is 0 Å². The van der Waals surface area contributed by atoms with Gasteiger partial charge in [0.05, 0.1) is 47.2 Å². The Morgan fingerprint density at radius 3 is 2.50 bits per heavy atom. The summed E-state index contributed by atoms with van der Waals surface area (Å²) in [5.74, 6) is 1.13. The summed E-state index contributed by atoms with van der Waals surface area (Å²) in [6, 6.07) is 10.1. The van der Waals surface area contributed by atoms with Gasteiger partial charge in [-0.1, -0.05) is 29.5 Å². The predicted octanol–water partition coefficient (Wildman–Crippen LogP) is 3.99. The summed E-state index contributed by atoms with van der Waals surface area (Å²) in [5.41, 5.74) is 1.75. The summed E-state index contributed by atoms with van der Waals surface area (Å²) in [4.78, 5) is 32.6. The van der Waals surface area contributed by atoms with Gasteiger partial charge in [0, 0.05) is 24.3 Å². The first-order valence-corrected chi connectivity index (χ1v) is 14.2. The van der Waals surface area contributed by atoms with E-state index in [2.05, 4.69) is 20.9 Å². The lowest BCUT2D eigenvalue weighted by Crippen LogP contribution is -2.40. The average molecular weight is 632 g/mol. The molecule has 0 N–H and O–H groups in total. The number of rotatable bonds is 10. The maximum absolute atomic E-state index is 14.0. The molecule has 4 rings (SSSR count). The van der Waals surface area contributed by atoms with E-state index in [1.54, 1.807) is 33.3 Å². The zero-order valence-corrected chi connectivity index (χ0v) is 25.6. The lowest BCUT2D eigenvalue weighted by atomic mass is 9.95. The van der Waals surface area contributed by atoms with Gasteiger partial charge in [-0.25, -0.2) is 9.79 Å². The molecule has 2 heterocycles. The molecule has 0 amide bonds. The third-order valence-electron chi connectivity index (χ3n) is 6.13. The highest BCUT2D eigenvalue weighted by molar-refractivity contribution is 9.10. The third kappa shape index (κ3) is 6.01. The van der Waals surface area contributed by atoms with Crippen LogP contribution in [0, 0.1) is 0 Å². The zero-order chi connectivity index (χ0) is 29.0. The average Bonchev–Trinajstić information content (AvgIpc) is 3.22. The van der Waals surface area contributed by atoms with Crippen molar-refractivity contribution in [2.45, 2.75) is 32.9 Å². The van der Waals surface area contributed by atoms with Gasteiger partial charge in [0.25, 0.3) is 5.56 Å². The number of benzene rings is 2. The molecule has 40 heavy (non-hydrogen) atoms. The second kappa shape index (κ2) is 12.8. The van der Waals surface area contributed by atoms with Gasteiger partial charge in [0.15, 0.2) is 4.80 Å². The molecular formula is C29H31BrN2O7S. The van der Waals surface area contributed by atoms with Crippen LogP contribution in [0.1, 0.15) is 37.9 Å². The molecule has 0 bridgehead atoms. The normalized spacial score (nSPS) is 15.1. The number of carbonyl (C=O) groups excluding carboxylic acids is 1. The van der Waals surface area contributed by atoms with Crippen LogP contribution in [0.2, 0.25) is 0 Å². The topological polar surface area (TPSA) is 97.6 Å². The fourth-order valence-electron chi connectivity index (χ4n) is 4.38. The first-order chi connectivity index (χ1) is 19.2. The van der Waals surface area contributed by atoms with Crippen molar-refractivity contribution in [3.63, 3.8) is 0 Å². The number of allylic oxidation sites excluding steroid dienone is 1. The quantitative estimate of drug-likeness (QED) is 0.247. The summed E-state index contributed by atoms with van der Waals surface area (Å²) in [6.07, 6.45) is 1.62. The third-order valence-corrected chi connectivity index (χ3v) is 7.73. The van der Waals surface area contributed by atoms with Crippen LogP contribution in [-0.2, 0) is 14.3 Å². The van der Waals surface area contributed by atoms with Gasteiger partial charge in [-0.05, 0) is 54.9 Å². The number of hydrogen-bond acceptors (Lipinski definition) is 9. The van der Waals surface area contributed by atoms with Crippen LogP contribution in [0.25, 0.3) is 6.08 Å². The Kier molecular flexibility index (Phi) is 9.49. The van der Waals surface area contributed by atoms with E-state index >= 15 is 0 Å². The molecule has 1 aromatic heterocycles. The van der Waals surface area contributed by atoms with Crippen molar-refractivity contribution < 1.29 is 28.5 Å². The molecule has 0 spiro atoms. The van der Waals surface area contributed by atoms with Crippen molar-refractivity contribution >= 4 is 39.3 Å². The van der Waals surface area contributed by atoms with E-state index in [9.17, 15) is 9.59 Å². The molecule has 3 aromatic rings. The van der Waals surface area contributed by atoms with E-state index in [-0.39, 0.29) is 30.5 Å². The van der Waals surface area contributed by atoms with Gasteiger partial charge >= 0.3 is 5.97 Å². The highest BCUT2D eigenvalue weighted by atomic mass is 79.9. The molecule has 9 nitrogen and oxygen atoms in total. The molecule has 1 atom stereocenters. The maximum Gasteiger partial charge on any atom is 0.338 e. The van der Waals surface area contributed by atoms with Crippen LogP contribution >= 0.6 is 27.3 Å². The molecule has 0 fully saturated rings. The van der Waals surface area contributed by atoms with Crippen LogP contribution in [0.15, 0.2) is 61.9 Å². The summed E-state index contributed by atoms with van der Waals surface area (Å²) < 4.78 is 30.3. The highest BCUT2D eigenvalue weighted by Gasteiger charge is 2.35. The minimum absolute atomic E-state index is 0.0690. The Bertz CT molecular complexity index is 1620. The fourth-order valence-corrected chi connectivity index (χ4v) is 5.94. The maximum atomic E-state index is 14.0. The molecule has 212 valence electrons. The van der Waals surface area contributed by atoms with Crippen LogP contribution in [0.3, 0.4) is 0 Å². The van der Waals surface area contributed by atoms with Gasteiger partial charge in [-0.15, -0.1) is 0 Å². The number of esters is 1. The van der Waals surface area contributed by atoms with Crippen LogP contribution < -0.4 is 29.1 Å². The van der Waals surface area contributed by atoms with E-state index in [4.69, 9.17) is 23.7 Å². The number of carbonyl (C=O) groups is 1. The van der Waals surface area contributed by atoms with E-state index in [0.717, 1.165) is 0 Å². The highest BCUT2D eigenvalue weighted by Crippen LogP contribution is 2.36. The molecule has 0 saturated heterocycles. The van der Waals surface area contributed by atoms with Gasteiger partial charge in [-0.2, -0.15) is 0 Å². The van der Waals surface area contributed by atoms with Crippen molar-refractivity contribution in [1.82, 2.24) is 4.57 Å². The second-order valence-corrected chi connectivity index (χ2v) is 11.0.